The fourth-order valence-corrected chi connectivity index (χ4v) is 11.1. The van der Waals surface area contributed by atoms with Crippen LogP contribution in [0.2, 0.25) is 0 Å². The number of fused-ring (bicyclic) bond motifs is 4. The number of halogens is 1. The van der Waals surface area contributed by atoms with Gasteiger partial charge in [0.25, 0.3) is 11.5 Å². The summed E-state index contributed by atoms with van der Waals surface area (Å²) in [5.41, 5.74) is 4.33. The molecule has 17 heteroatoms. The number of hydrogen-bond acceptors (Lipinski definition) is 13. The molecule has 3 aliphatic heterocycles. The van der Waals surface area contributed by atoms with Gasteiger partial charge in [0.05, 0.1) is 38.1 Å². The number of benzene rings is 3. The second kappa shape index (κ2) is 17.5. The van der Waals surface area contributed by atoms with Crippen molar-refractivity contribution in [3.8, 4) is 27.7 Å². The van der Waals surface area contributed by atoms with Crippen LogP contribution in [0.15, 0.2) is 79.8 Å². The molecule has 0 bridgehead atoms. The van der Waals surface area contributed by atoms with Crippen molar-refractivity contribution in [2.24, 2.45) is 4.99 Å². The van der Waals surface area contributed by atoms with E-state index in [1.807, 2.05) is 49.0 Å². The van der Waals surface area contributed by atoms with Crippen molar-refractivity contribution in [3.63, 3.8) is 0 Å². The van der Waals surface area contributed by atoms with Crippen LogP contribution in [0.1, 0.15) is 76.9 Å². The zero-order valence-electron chi connectivity index (χ0n) is 34.7. The van der Waals surface area contributed by atoms with Crippen LogP contribution in [0, 0.1) is 5.82 Å². The van der Waals surface area contributed by atoms with Crippen LogP contribution in [-0.2, 0) is 17.9 Å². The number of methoxy groups -OCH3 is 3. The third-order valence-corrected chi connectivity index (χ3v) is 14.0. The number of rotatable bonds is 12. The van der Waals surface area contributed by atoms with Gasteiger partial charge in [-0.3, -0.25) is 23.7 Å². The predicted octanol–water partition coefficient (Wildman–Crippen LogP) is 6.94. The number of piperidine rings is 1. The summed E-state index contributed by atoms with van der Waals surface area (Å²) in [5.74, 6) is 3.78. The Labute approximate surface area is 364 Å². The first-order valence-electron chi connectivity index (χ1n) is 20.5. The average Bonchev–Trinajstić information content (AvgIpc) is 3.95. The first kappa shape index (κ1) is 41.6. The number of thiophene rings is 1. The summed E-state index contributed by atoms with van der Waals surface area (Å²) in [6.45, 7) is 3.15. The maximum Gasteiger partial charge on any atom is 0.332 e. The molecule has 0 aliphatic carbocycles. The molecule has 0 N–H and O–H groups in total. The summed E-state index contributed by atoms with van der Waals surface area (Å²) in [6.07, 6.45) is 1.71. The maximum absolute atomic E-state index is 14.5. The highest BCUT2D eigenvalue weighted by Crippen LogP contribution is 2.44. The highest BCUT2D eigenvalue weighted by molar-refractivity contribution is 7.99. The number of carbonyl (C=O) groups is 1. The molecular weight excluding hydrogens is 836 g/mol. The summed E-state index contributed by atoms with van der Waals surface area (Å²) in [5, 5.41) is 3.95. The largest absolute Gasteiger partial charge is 0.496 e. The second-order valence-corrected chi connectivity index (χ2v) is 17.6. The molecule has 2 fully saturated rings. The molecule has 6 aromatic rings. The number of hydrogen-bond donors (Lipinski definition) is 0. The van der Waals surface area contributed by atoms with Gasteiger partial charge in [0.15, 0.2) is 17.3 Å². The SMILES string of the molecule is CCOc1cc2c(cc1OC)C(c1cccc(C(=O)N3CCC(n4c(=O)c5sc(-c6ccc(F)cc6OC)cc5n(Cc5nc(COC)no5)c4=O)CC3)c1)=N[C@@H]1CCSC[C@H]21. The molecule has 1 amide bonds. The number of likely N-dealkylation sites (tertiary alicyclic amines) is 1. The smallest absolute Gasteiger partial charge is 0.332 e. The first-order valence-corrected chi connectivity index (χ1v) is 22.5. The van der Waals surface area contributed by atoms with Crippen molar-refractivity contribution in [3.05, 3.63) is 121 Å². The van der Waals surface area contributed by atoms with Gasteiger partial charge in [-0.25, -0.2) is 9.18 Å². The van der Waals surface area contributed by atoms with Crippen LogP contribution in [0.4, 0.5) is 4.39 Å². The minimum atomic E-state index is -0.542. The van der Waals surface area contributed by atoms with Gasteiger partial charge in [0, 0.05) is 71.1 Å². The predicted molar refractivity (Wildman–Crippen MR) is 235 cm³/mol. The van der Waals surface area contributed by atoms with Crippen LogP contribution in [0.5, 0.6) is 17.2 Å². The van der Waals surface area contributed by atoms with E-state index in [1.165, 1.54) is 52.4 Å². The summed E-state index contributed by atoms with van der Waals surface area (Å²) < 4.78 is 45.1. The number of thioether (sulfide) groups is 1. The topological polar surface area (TPSA) is 153 Å². The van der Waals surface area contributed by atoms with Crippen molar-refractivity contribution in [1.29, 1.82) is 0 Å². The summed E-state index contributed by atoms with van der Waals surface area (Å²) in [4.78, 5) is 55.2. The molecule has 0 saturated carbocycles. The van der Waals surface area contributed by atoms with Gasteiger partial charge >= 0.3 is 5.69 Å². The molecule has 0 radical (unpaired) electrons. The molecule has 0 unspecified atom stereocenters. The molecule has 62 heavy (non-hydrogen) atoms. The summed E-state index contributed by atoms with van der Waals surface area (Å²) in [6, 6.07) is 17.3. The van der Waals surface area contributed by atoms with Gasteiger partial charge in [-0.2, -0.15) is 16.7 Å². The van der Waals surface area contributed by atoms with Crippen LogP contribution < -0.4 is 25.5 Å². The van der Waals surface area contributed by atoms with Gasteiger partial charge < -0.3 is 28.4 Å². The van der Waals surface area contributed by atoms with Crippen molar-refractivity contribution in [1.82, 2.24) is 24.2 Å². The molecule has 3 aliphatic rings. The lowest BCUT2D eigenvalue weighted by molar-refractivity contribution is 0.0691. The second-order valence-electron chi connectivity index (χ2n) is 15.4. The van der Waals surface area contributed by atoms with Crippen molar-refractivity contribution < 1.29 is 32.7 Å². The Morgan fingerprint density at radius 1 is 0.952 bits per heavy atom. The fraction of sp³-hybridized carbons (Fsp3) is 0.378. The number of aromatic nitrogens is 4. The van der Waals surface area contributed by atoms with Gasteiger partial charge in [-0.05, 0) is 80.0 Å². The number of nitrogens with zero attached hydrogens (tertiary/aromatic N) is 6. The van der Waals surface area contributed by atoms with Gasteiger partial charge in [0.1, 0.15) is 29.4 Å². The molecular formula is C45H45FN6O8S2. The number of aliphatic imine (C=N–C) groups is 1. The van der Waals surface area contributed by atoms with E-state index in [0.29, 0.717) is 81.8 Å². The van der Waals surface area contributed by atoms with Gasteiger partial charge in [-0.1, -0.05) is 17.3 Å². The Morgan fingerprint density at radius 3 is 2.55 bits per heavy atom. The van der Waals surface area contributed by atoms with E-state index in [1.54, 1.807) is 24.1 Å². The molecule has 0 spiro atoms. The summed E-state index contributed by atoms with van der Waals surface area (Å²) in [7, 11) is 4.59. The fourth-order valence-electron chi connectivity index (χ4n) is 8.79. The van der Waals surface area contributed by atoms with Crippen molar-refractivity contribution in [2.75, 3.05) is 52.5 Å². The summed E-state index contributed by atoms with van der Waals surface area (Å²) >= 11 is 3.13. The molecule has 3 aromatic carbocycles. The van der Waals surface area contributed by atoms with Crippen LogP contribution in [0.25, 0.3) is 20.7 Å². The minimum Gasteiger partial charge on any atom is -0.496 e. The van der Waals surface area contributed by atoms with Crippen molar-refractivity contribution in [2.45, 2.75) is 57.3 Å². The third kappa shape index (κ3) is 7.70. The molecule has 322 valence electrons. The maximum atomic E-state index is 14.5. The molecule has 14 nitrogen and oxygen atoms in total. The number of ether oxygens (including phenoxy) is 4. The van der Waals surface area contributed by atoms with Crippen LogP contribution in [-0.4, -0.2) is 94.4 Å². The normalized spacial score (nSPS) is 17.7. The quantitative estimate of drug-likeness (QED) is 0.126. The number of carbonyl (C=O) groups excluding carboxylic acids is 1. The van der Waals surface area contributed by atoms with E-state index in [0.717, 1.165) is 34.8 Å². The Morgan fingerprint density at radius 2 is 1.77 bits per heavy atom. The highest BCUT2D eigenvalue weighted by atomic mass is 32.2. The lowest BCUT2D eigenvalue weighted by atomic mass is 9.81. The van der Waals surface area contributed by atoms with E-state index in [9.17, 15) is 18.8 Å². The molecule has 6 heterocycles. The van der Waals surface area contributed by atoms with Gasteiger partial charge in [0.2, 0.25) is 5.89 Å². The zero-order chi connectivity index (χ0) is 43.1. The third-order valence-electron chi connectivity index (χ3n) is 11.8. The zero-order valence-corrected chi connectivity index (χ0v) is 36.4. The van der Waals surface area contributed by atoms with E-state index < -0.39 is 23.1 Å². The standard InChI is InChI=1S/C45H45FN6O8S2/c1-5-59-37-19-30-31(20-36(37)58-4)41(47-33-13-16-61-24-32(30)33)25-7-6-8-26(17-25)43(53)50-14-11-28(12-15-50)52-44(54)42-34(21-38(62-42)29-10-9-27(46)18-35(29)57-3)51(45(52)55)22-40-48-39(23-56-2)49-60-40/h6-10,17-21,28,32-33H,5,11-16,22-24H2,1-4H3/t32-,33-/m1/s1. The van der Waals surface area contributed by atoms with Gasteiger partial charge in [-0.15, -0.1) is 11.3 Å². The Bertz CT molecular complexity index is 2820. The van der Waals surface area contributed by atoms with E-state index in [4.69, 9.17) is 28.5 Å². The Hall–Kier alpha value is -5.78. The van der Waals surface area contributed by atoms with Crippen LogP contribution in [0.3, 0.4) is 0 Å². The van der Waals surface area contributed by atoms with Crippen LogP contribution >= 0.6 is 23.1 Å². The molecule has 2 saturated heterocycles. The van der Waals surface area contributed by atoms with E-state index in [2.05, 4.69) is 16.2 Å². The minimum absolute atomic E-state index is 0.104. The monoisotopic (exact) mass is 880 g/mol. The van der Waals surface area contributed by atoms with E-state index >= 15 is 0 Å². The first-order chi connectivity index (χ1) is 30.2. The van der Waals surface area contributed by atoms with E-state index in [-0.39, 0.29) is 36.9 Å². The molecule has 9 rings (SSSR count). The molecule has 3 aromatic heterocycles. The highest BCUT2D eigenvalue weighted by Gasteiger charge is 2.36. The lowest BCUT2D eigenvalue weighted by Gasteiger charge is -2.35. The Kier molecular flexibility index (Phi) is 11.8. The molecule has 2 atom stereocenters. The lowest BCUT2D eigenvalue weighted by Crippen LogP contribution is -2.46. The average molecular weight is 881 g/mol. The van der Waals surface area contributed by atoms with Crippen molar-refractivity contribution >= 4 is 44.9 Å². The Balaban J connectivity index is 1.01. The number of amides is 1.